The molecule has 1 nitrogen and oxygen atoms in total. The Morgan fingerprint density at radius 2 is 1.95 bits per heavy atom. The fraction of sp³-hybridized carbons (Fsp3) is 0.556. The monoisotopic (exact) mass is 350 g/mol. The van der Waals surface area contributed by atoms with E-state index in [2.05, 4.69) is 62.5 Å². The van der Waals surface area contributed by atoms with Crippen LogP contribution in [0.3, 0.4) is 0 Å². The van der Waals surface area contributed by atoms with Crippen molar-refractivity contribution in [2.24, 2.45) is 11.8 Å². The summed E-state index contributed by atoms with van der Waals surface area (Å²) in [5.41, 5.74) is 2.13. The molecule has 22 heavy (non-hydrogen) atoms. The zero-order valence-electron chi connectivity index (χ0n) is 13.6. The summed E-state index contributed by atoms with van der Waals surface area (Å²) in [6, 6.07) is 6.74. The second-order valence-corrected chi connectivity index (χ2v) is 15.6. The fourth-order valence-electron chi connectivity index (χ4n) is 4.24. The van der Waals surface area contributed by atoms with Crippen molar-refractivity contribution >= 4 is 33.7 Å². The molecule has 1 aliphatic heterocycles. The van der Waals surface area contributed by atoms with Crippen molar-refractivity contribution in [2.45, 2.75) is 43.5 Å². The molecule has 1 aromatic rings. The van der Waals surface area contributed by atoms with E-state index in [1.807, 2.05) is 0 Å². The van der Waals surface area contributed by atoms with Gasteiger partial charge in [0.15, 0.2) is 0 Å². The summed E-state index contributed by atoms with van der Waals surface area (Å²) in [5.74, 6) is 2.55. The van der Waals surface area contributed by atoms with Gasteiger partial charge >= 0.3 is 0 Å². The van der Waals surface area contributed by atoms with Crippen LogP contribution in [0.15, 0.2) is 30.4 Å². The summed E-state index contributed by atoms with van der Waals surface area (Å²) in [7, 11) is 1.76. The molecule has 2 fully saturated rings. The first-order chi connectivity index (χ1) is 10.3. The van der Waals surface area contributed by atoms with E-state index in [-0.39, 0.29) is 5.41 Å². The van der Waals surface area contributed by atoms with Gasteiger partial charge in [0.2, 0.25) is 0 Å². The summed E-state index contributed by atoms with van der Waals surface area (Å²) in [6.45, 7) is 6.75. The Bertz CT molecular complexity index is 704. The van der Waals surface area contributed by atoms with Gasteiger partial charge < -0.3 is 4.74 Å². The minimum Gasteiger partial charge on any atom is -0.496 e. The first-order valence-corrected chi connectivity index (χ1v) is 12.4. The Morgan fingerprint density at radius 1 is 1.23 bits per heavy atom. The van der Waals surface area contributed by atoms with E-state index in [9.17, 15) is 0 Å². The van der Waals surface area contributed by atoms with Crippen molar-refractivity contribution in [3.8, 4) is 5.75 Å². The minimum atomic E-state index is -1.47. The fourth-order valence-corrected chi connectivity index (χ4v) is 13.9. The van der Waals surface area contributed by atoms with Gasteiger partial charge in [0.05, 0.1) is 7.11 Å². The third kappa shape index (κ3) is 2.01. The number of hydrogen-bond acceptors (Lipinski definition) is 3. The van der Waals surface area contributed by atoms with Crippen LogP contribution < -0.4 is 10.0 Å². The second kappa shape index (κ2) is 4.88. The molecule has 1 aromatic carbocycles. The summed E-state index contributed by atoms with van der Waals surface area (Å²) >= 11 is 8.39. The van der Waals surface area contributed by atoms with E-state index in [0.717, 1.165) is 28.5 Å². The zero-order chi connectivity index (χ0) is 15.7. The first-order valence-electron chi connectivity index (χ1n) is 8.00. The molecule has 0 amide bonds. The molecular formula is C18H23OPS2. The number of benzene rings is 1. The topological polar surface area (TPSA) is 9.23 Å². The molecule has 1 heterocycles. The third-order valence-corrected chi connectivity index (χ3v) is 14.4. The lowest BCUT2D eigenvalue weighted by Crippen LogP contribution is -2.39. The van der Waals surface area contributed by atoms with Crippen LogP contribution in [0.5, 0.6) is 5.75 Å². The van der Waals surface area contributed by atoms with Crippen LogP contribution in [-0.4, -0.2) is 18.0 Å². The van der Waals surface area contributed by atoms with Crippen molar-refractivity contribution < 1.29 is 4.74 Å². The minimum absolute atomic E-state index is 0.0827. The standard InChI is InChI=1S/C18H23OPS2/c1-18(2,3)14-10-13(7-8-15(14)19-4)20(21)16-11-5-6-12(9-11)17(16)22-20/h5-8,10-12,16-17H,9H2,1-4H3/t11-,12+,16+,17-,20?/m1/s1. The average Bonchev–Trinajstić information content (AvgIpc) is 3.02. The lowest BCUT2D eigenvalue weighted by molar-refractivity contribution is 0.398. The highest BCUT2D eigenvalue weighted by molar-refractivity contribution is 8.76. The van der Waals surface area contributed by atoms with Gasteiger partial charge in [-0.25, -0.2) is 0 Å². The maximum Gasteiger partial charge on any atom is 0.122 e. The number of methoxy groups -OCH3 is 1. The van der Waals surface area contributed by atoms with Gasteiger partial charge in [-0.05, 0) is 47.2 Å². The normalized spacial score (nSPS) is 38.7. The van der Waals surface area contributed by atoms with E-state index in [4.69, 9.17) is 16.5 Å². The van der Waals surface area contributed by atoms with Crippen LogP contribution in [0.25, 0.3) is 0 Å². The Kier molecular flexibility index (Phi) is 3.39. The SMILES string of the molecule is COc1ccc(P2(=S)S[C@H]3[C@@H]2[C@@H]2C=C[C@H]3C2)cc1C(C)(C)C. The quantitative estimate of drug-likeness (QED) is 0.565. The van der Waals surface area contributed by atoms with Crippen LogP contribution in [0.4, 0.5) is 0 Å². The molecule has 0 aromatic heterocycles. The molecule has 3 aliphatic rings. The predicted molar refractivity (Wildman–Crippen MR) is 102 cm³/mol. The van der Waals surface area contributed by atoms with Crippen molar-refractivity contribution in [3.05, 3.63) is 35.9 Å². The number of ether oxygens (including phenoxy) is 1. The number of allylic oxidation sites excluding steroid dienone is 2. The third-order valence-electron chi connectivity index (χ3n) is 5.37. The molecule has 0 N–H and O–H groups in total. The summed E-state index contributed by atoms with van der Waals surface area (Å²) in [6.07, 6.45) is 6.23. The van der Waals surface area contributed by atoms with Gasteiger partial charge in [-0.1, -0.05) is 44.7 Å². The predicted octanol–water partition coefficient (Wildman–Crippen LogP) is 4.70. The molecule has 0 radical (unpaired) electrons. The highest BCUT2D eigenvalue weighted by Gasteiger charge is 2.60. The molecule has 4 rings (SSSR count). The second-order valence-electron chi connectivity index (χ2n) is 7.74. The van der Waals surface area contributed by atoms with Crippen molar-refractivity contribution in [2.75, 3.05) is 7.11 Å². The largest absolute Gasteiger partial charge is 0.496 e. The van der Waals surface area contributed by atoms with Crippen LogP contribution in [0.1, 0.15) is 32.8 Å². The number of hydrogen-bond donors (Lipinski definition) is 0. The molecule has 2 bridgehead atoms. The Morgan fingerprint density at radius 3 is 2.59 bits per heavy atom. The molecule has 1 saturated heterocycles. The van der Waals surface area contributed by atoms with Crippen molar-refractivity contribution in [1.82, 2.24) is 0 Å². The van der Waals surface area contributed by atoms with Gasteiger partial charge in [-0.15, -0.1) is 11.4 Å². The summed E-state index contributed by atoms with van der Waals surface area (Å²) < 4.78 is 5.59. The van der Waals surface area contributed by atoms with Crippen LogP contribution in [0, 0.1) is 11.8 Å². The molecule has 5 atom stereocenters. The highest BCUT2D eigenvalue weighted by atomic mass is 32.9. The van der Waals surface area contributed by atoms with Gasteiger partial charge in [0.25, 0.3) is 0 Å². The van der Waals surface area contributed by atoms with E-state index >= 15 is 0 Å². The molecule has 4 heteroatoms. The molecule has 0 spiro atoms. The highest BCUT2D eigenvalue weighted by Crippen LogP contribution is 2.82. The molecule has 118 valence electrons. The Balaban J connectivity index is 1.75. The van der Waals surface area contributed by atoms with Crippen molar-refractivity contribution in [3.63, 3.8) is 0 Å². The lowest BCUT2D eigenvalue weighted by atomic mass is 9.86. The summed E-state index contributed by atoms with van der Waals surface area (Å²) in [5, 5.41) is 0.749. The van der Waals surface area contributed by atoms with E-state index in [1.54, 1.807) is 7.11 Å². The Hall–Kier alpha value is -0.240. The van der Waals surface area contributed by atoms with E-state index in [1.165, 1.54) is 17.3 Å². The van der Waals surface area contributed by atoms with E-state index < -0.39 is 5.24 Å². The lowest BCUT2D eigenvalue weighted by Gasteiger charge is -2.48. The maximum absolute atomic E-state index is 6.26. The first kappa shape index (κ1) is 15.3. The zero-order valence-corrected chi connectivity index (χ0v) is 16.1. The van der Waals surface area contributed by atoms with Gasteiger partial charge in [0.1, 0.15) is 5.75 Å². The van der Waals surface area contributed by atoms with E-state index in [0.29, 0.717) is 0 Å². The number of fused-ring (bicyclic) bond motifs is 5. The molecule has 2 aliphatic carbocycles. The average molecular weight is 350 g/mol. The van der Waals surface area contributed by atoms with Crippen molar-refractivity contribution in [1.29, 1.82) is 0 Å². The smallest absolute Gasteiger partial charge is 0.122 e. The van der Waals surface area contributed by atoms with Gasteiger partial charge in [-0.3, -0.25) is 0 Å². The molecular weight excluding hydrogens is 327 g/mol. The molecule has 1 unspecified atom stereocenters. The van der Waals surface area contributed by atoms with Crippen LogP contribution in [-0.2, 0) is 17.2 Å². The van der Waals surface area contributed by atoms with Gasteiger partial charge in [0, 0.05) is 21.7 Å². The van der Waals surface area contributed by atoms with Crippen LogP contribution in [0.2, 0.25) is 0 Å². The molecule has 1 saturated carbocycles. The maximum atomic E-state index is 6.26. The summed E-state index contributed by atoms with van der Waals surface area (Å²) in [4.78, 5) is 0. The Labute approximate surface area is 142 Å². The number of rotatable bonds is 2. The van der Waals surface area contributed by atoms with Crippen LogP contribution >= 0.6 is 16.6 Å². The van der Waals surface area contributed by atoms with Gasteiger partial charge in [-0.2, -0.15) is 0 Å².